The van der Waals surface area contributed by atoms with Crippen molar-refractivity contribution < 1.29 is 9.66 Å². The van der Waals surface area contributed by atoms with Crippen molar-refractivity contribution in [2.24, 2.45) is 0 Å². The first-order chi connectivity index (χ1) is 8.75. The predicted molar refractivity (Wildman–Crippen MR) is 66.1 cm³/mol. The van der Waals surface area contributed by atoms with Crippen molar-refractivity contribution in [1.29, 1.82) is 0 Å². The molecule has 1 aliphatic rings. The minimum atomic E-state index is -0.397. The van der Waals surface area contributed by atoms with E-state index in [2.05, 4.69) is 0 Å². The number of hydrogen-bond acceptors (Lipinski definition) is 3. The zero-order valence-electron chi connectivity index (χ0n) is 9.52. The molecule has 2 aromatic carbocycles. The number of non-ortho nitro benzene ring substituents is 1. The van der Waals surface area contributed by atoms with Gasteiger partial charge in [-0.1, -0.05) is 30.3 Å². The molecular formula is C14H11NO3. The Balaban J connectivity index is 1.77. The van der Waals surface area contributed by atoms with Crippen LogP contribution in [0.25, 0.3) is 0 Å². The average Bonchev–Trinajstić information content (AvgIpc) is 3.20. The summed E-state index contributed by atoms with van der Waals surface area (Å²) in [6, 6.07) is 16.5. The summed E-state index contributed by atoms with van der Waals surface area (Å²) in [5.41, 5.74) is 2.23. The van der Waals surface area contributed by atoms with Crippen LogP contribution in [0.3, 0.4) is 0 Å². The maximum absolute atomic E-state index is 10.6. The van der Waals surface area contributed by atoms with Crippen LogP contribution in [0.2, 0.25) is 0 Å². The highest BCUT2D eigenvalue weighted by Crippen LogP contribution is 2.50. The number of ether oxygens (including phenoxy) is 1. The predicted octanol–water partition coefficient (Wildman–Crippen LogP) is 3.41. The summed E-state index contributed by atoms with van der Waals surface area (Å²) in [4.78, 5) is 10.2. The van der Waals surface area contributed by atoms with E-state index in [-0.39, 0.29) is 17.9 Å². The highest BCUT2D eigenvalue weighted by molar-refractivity contribution is 5.37. The van der Waals surface area contributed by atoms with E-state index in [1.807, 2.05) is 30.3 Å². The molecule has 0 amide bonds. The Bertz CT molecular complexity index is 565. The topological polar surface area (TPSA) is 55.7 Å². The second-order valence-electron chi connectivity index (χ2n) is 4.24. The monoisotopic (exact) mass is 241 g/mol. The van der Waals surface area contributed by atoms with Crippen LogP contribution in [-0.4, -0.2) is 4.92 Å². The fourth-order valence-corrected chi connectivity index (χ4v) is 2.05. The van der Waals surface area contributed by atoms with Gasteiger partial charge in [0.05, 0.1) is 4.92 Å². The van der Waals surface area contributed by atoms with Gasteiger partial charge >= 0.3 is 0 Å². The molecule has 2 atom stereocenters. The third-order valence-corrected chi connectivity index (χ3v) is 3.05. The number of rotatable bonds is 3. The van der Waals surface area contributed by atoms with Gasteiger partial charge in [-0.3, -0.25) is 10.1 Å². The van der Waals surface area contributed by atoms with Crippen molar-refractivity contribution in [3.05, 3.63) is 75.8 Å². The molecule has 0 radical (unpaired) electrons. The van der Waals surface area contributed by atoms with Crippen molar-refractivity contribution in [2.75, 3.05) is 0 Å². The molecule has 0 saturated carbocycles. The van der Waals surface area contributed by atoms with E-state index in [0.717, 1.165) is 11.1 Å². The SMILES string of the molecule is O=[N+]([O-])c1ccc([C@H]2O[C@@H]2c2ccccc2)cc1. The Morgan fingerprint density at radius 3 is 2.00 bits per heavy atom. The summed E-state index contributed by atoms with van der Waals surface area (Å²) in [5.74, 6) is 0. The maximum Gasteiger partial charge on any atom is 0.269 e. The molecule has 1 heterocycles. The molecule has 18 heavy (non-hydrogen) atoms. The molecule has 4 nitrogen and oxygen atoms in total. The Labute approximate surface area is 104 Å². The van der Waals surface area contributed by atoms with Crippen LogP contribution in [-0.2, 0) is 4.74 Å². The molecule has 0 aromatic heterocycles. The average molecular weight is 241 g/mol. The standard InChI is InChI=1S/C14H11NO3/c16-15(17)12-8-6-11(7-9-12)14-13(18-14)10-4-2-1-3-5-10/h1-9,13-14H/t13-,14-/m1/s1. The number of epoxide rings is 1. The van der Waals surface area contributed by atoms with Gasteiger partial charge in [-0.2, -0.15) is 0 Å². The second kappa shape index (κ2) is 4.23. The smallest absolute Gasteiger partial charge is 0.269 e. The third kappa shape index (κ3) is 1.98. The first-order valence-electron chi connectivity index (χ1n) is 5.70. The summed E-state index contributed by atoms with van der Waals surface area (Å²) in [5, 5.41) is 10.6. The Hall–Kier alpha value is -2.20. The van der Waals surface area contributed by atoms with Crippen molar-refractivity contribution in [3.8, 4) is 0 Å². The summed E-state index contributed by atoms with van der Waals surface area (Å²) in [7, 11) is 0. The lowest BCUT2D eigenvalue weighted by Crippen LogP contribution is -1.89. The maximum atomic E-state index is 10.6. The van der Waals surface area contributed by atoms with Crippen LogP contribution < -0.4 is 0 Å². The summed E-state index contributed by atoms with van der Waals surface area (Å²) >= 11 is 0. The largest absolute Gasteiger partial charge is 0.359 e. The highest BCUT2D eigenvalue weighted by Gasteiger charge is 2.41. The molecule has 0 N–H and O–H groups in total. The van der Waals surface area contributed by atoms with E-state index in [4.69, 9.17) is 4.74 Å². The van der Waals surface area contributed by atoms with E-state index < -0.39 is 4.92 Å². The van der Waals surface area contributed by atoms with Gasteiger partial charge in [-0.25, -0.2) is 0 Å². The van der Waals surface area contributed by atoms with Gasteiger partial charge in [0.15, 0.2) is 0 Å². The van der Waals surface area contributed by atoms with E-state index in [1.54, 1.807) is 12.1 Å². The lowest BCUT2D eigenvalue weighted by atomic mass is 10.0. The van der Waals surface area contributed by atoms with Gasteiger partial charge in [0.1, 0.15) is 12.2 Å². The van der Waals surface area contributed by atoms with E-state index >= 15 is 0 Å². The molecule has 0 bridgehead atoms. The second-order valence-corrected chi connectivity index (χ2v) is 4.24. The zero-order valence-corrected chi connectivity index (χ0v) is 9.52. The van der Waals surface area contributed by atoms with Crippen LogP contribution in [0.5, 0.6) is 0 Å². The quantitative estimate of drug-likeness (QED) is 0.470. The fraction of sp³-hybridized carbons (Fsp3) is 0.143. The van der Waals surface area contributed by atoms with Gasteiger partial charge in [0.25, 0.3) is 5.69 Å². The molecule has 0 aliphatic carbocycles. The molecule has 90 valence electrons. The Morgan fingerprint density at radius 2 is 1.44 bits per heavy atom. The molecule has 0 spiro atoms. The van der Waals surface area contributed by atoms with Crippen LogP contribution in [0.15, 0.2) is 54.6 Å². The zero-order chi connectivity index (χ0) is 12.5. The molecule has 2 aromatic rings. The lowest BCUT2D eigenvalue weighted by Gasteiger charge is -1.97. The van der Waals surface area contributed by atoms with Crippen molar-refractivity contribution in [2.45, 2.75) is 12.2 Å². The summed E-state index contributed by atoms with van der Waals surface area (Å²) in [6.45, 7) is 0. The van der Waals surface area contributed by atoms with Gasteiger partial charge in [0, 0.05) is 12.1 Å². The van der Waals surface area contributed by atoms with Gasteiger partial charge in [-0.05, 0) is 23.3 Å². The summed E-state index contributed by atoms with van der Waals surface area (Å²) < 4.78 is 5.62. The Kier molecular flexibility index (Phi) is 2.57. The van der Waals surface area contributed by atoms with Crippen molar-refractivity contribution >= 4 is 5.69 Å². The minimum absolute atomic E-state index is 0.0215. The first kappa shape index (κ1) is 10.9. The molecule has 0 unspecified atom stereocenters. The molecule has 1 aliphatic heterocycles. The van der Waals surface area contributed by atoms with Gasteiger partial charge in [-0.15, -0.1) is 0 Å². The molecule has 1 fully saturated rings. The Morgan fingerprint density at radius 1 is 0.889 bits per heavy atom. The van der Waals surface area contributed by atoms with Gasteiger partial charge in [0.2, 0.25) is 0 Å². The van der Waals surface area contributed by atoms with Crippen molar-refractivity contribution in [3.63, 3.8) is 0 Å². The number of nitrogens with zero attached hydrogens (tertiary/aromatic N) is 1. The fourth-order valence-electron chi connectivity index (χ4n) is 2.05. The summed E-state index contributed by atoms with van der Waals surface area (Å²) in [6.07, 6.45) is 0.0980. The lowest BCUT2D eigenvalue weighted by molar-refractivity contribution is -0.384. The number of nitro groups is 1. The highest BCUT2D eigenvalue weighted by atomic mass is 16.6. The van der Waals surface area contributed by atoms with E-state index in [0.29, 0.717) is 0 Å². The minimum Gasteiger partial charge on any atom is -0.359 e. The van der Waals surface area contributed by atoms with Crippen LogP contribution >= 0.6 is 0 Å². The van der Waals surface area contributed by atoms with Gasteiger partial charge < -0.3 is 4.74 Å². The molecule has 4 heteroatoms. The van der Waals surface area contributed by atoms with E-state index in [1.165, 1.54) is 12.1 Å². The van der Waals surface area contributed by atoms with Crippen LogP contribution in [0.1, 0.15) is 23.3 Å². The number of hydrogen-bond donors (Lipinski definition) is 0. The van der Waals surface area contributed by atoms with E-state index in [9.17, 15) is 10.1 Å². The number of benzene rings is 2. The molecule has 3 rings (SSSR count). The normalized spacial score (nSPS) is 21.6. The van der Waals surface area contributed by atoms with Crippen molar-refractivity contribution in [1.82, 2.24) is 0 Å². The first-order valence-corrected chi connectivity index (χ1v) is 5.70. The molecule has 1 saturated heterocycles. The molecular weight excluding hydrogens is 230 g/mol. The number of nitro benzene ring substituents is 1. The van der Waals surface area contributed by atoms with Crippen LogP contribution in [0, 0.1) is 10.1 Å². The third-order valence-electron chi connectivity index (χ3n) is 3.05. The van der Waals surface area contributed by atoms with Crippen LogP contribution in [0.4, 0.5) is 5.69 Å².